The first-order valence-electron chi connectivity index (χ1n) is 8.43. The maximum atomic E-state index is 5.73. The van der Waals surface area contributed by atoms with Gasteiger partial charge in [-0.3, -0.25) is 4.90 Å². The molecule has 1 heterocycles. The summed E-state index contributed by atoms with van der Waals surface area (Å²) in [5.74, 6) is 0.891. The Labute approximate surface area is 125 Å². The zero-order valence-corrected chi connectivity index (χ0v) is 14.2. The van der Waals surface area contributed by atoms with Crippen LogP contribution in [-0.2, 0) is 4.74 Å². The number of ether oxygens (including phenoxy) is 1. The van der Waals surface area contributed by atoms with E-state index in [1.54, 1.807) is 0 Å². The van der Waals surface area contributed by atoms with E-state index in [2.05, 4.69) is 44.8 Å². The molecule has 3 nitrogen and oxygen atoms in total. The molecular weight excluding hydrogens is 248 g/mol. The minimum atomic E-state index is 0.322. The normalized spacial score (nSPS) is 32.5. The molecule has 20 heavy (non-hydrogen) atoms. The molecule has 2 atom stereocenters. The van der Waals surface area contributed by atoms with Crippen molar-refractivity contribution >= 4 is 0 Å². The maximum absolute atomic E-state index is 5.73. The van der Waals surface area contributed by atoms with Crippen molar-refractivity contribution in [1.82, 2.24) is 10.2 Å². The Balaban J connectivity index is 1.95. The largest absolute Gasteiger partial charge is 0.380 e. The standard InChI is InChI=1S/C17H34N2O/c1-6-10-20-11-9-19-13-17(5,14-7-8-14)18-12-15(19)16(2,3)4/h14-15,18H,6-13H2,1-5H3. The van der Waals surface area contributed by atoms with Gasteiger partial charge in [-0.1, -0.05) is 27.7 Å². The van der Waals surface area contributed by atoms with Gasteiger partial charge in [-0.25, -0.2) is 0 Å². The third-order valence-corrected chi connectivity index (χ3v) is 5.02. The van der Waals surface area contributed by atoms with Crippen LogP contribution in [0.15, 0.2) is 0 Å². The third kappa shape index (κ3) is 3.96. The zero-order valence-electron chi connectivity index (χ0n) is 14.2. The summed E-state index contributed by atoms with van der Waals surface area (Å²) in [4.78, 5) is 2.68. The lowest BCUT2D eigenvalue weighted by molar-refractivity contribution is -0.000734. The summed E-state index contributed by atoms with van der Waals surface area (Å²) in [6.45, 7) is 16.8. The van der Waals surface area contributed by atoms with Crippen molar-refractivity contribution in [2.24, 2.45) is 11.3 Å². The predicted octanol–water partition coefficient (Wildman–Crippen LogP) is 2.90. The number of nitrogens with one attached hydrogen (secondary N) is 1. The highest BCUT2D eigenvalue weighted by Gasteiger charge is 2.47. The summed E-state index contributed by atoms with van der Waals surface area (Å²) in [6.07, 6.45) is 3.93. The molecule has 0 spiro atoms. The summed E-state index contributed by atoms with van der Waals surface area (Å²) in [6, 6.07) is 0.611. The minimum absolute atomic E-state index is 0.322. The average molecular weight is 282 g/mol. The molecule has 1 saturated carbocycles. The summed E-state index contributed by atoms with van der Waals surface area (Å²) in [7, 11) is 0. The van der Waals surface area contributed by atoms with E-state index in [9.17, 15) is 0 Å². The van der Waals surface area contributed by atoms with E-state index in [0.717, 1.165) is 38.6 Å². The van der Waals surface area contributed by atoms with E-state index in [0.29, 0.717) is 17.0 Å². The lowest BCUT2D eigenvalue weighted by atomic mass is 9.81. The minimum Gasteiger partial charge on any atom is -0.380 e. The SMILES string of the molecule is CCCOCCN1CC(C)(C2CC2)NCC1C(C)(C)C. The molecule has 0 amide bonds. The Morgan fingerprint density at radius 1 is 1.25 bits per heavy atom. The van der Waals surface area contributed by atoms with Gasteiger partial charge in [0, 0.05) is 37.8 Å². The molecule has 1 aliphatic heterocycles. The van der Waals surface area contributed by atoms with Gasteiger partial charge in [0.05, 0.1) is 6.61 Å². The number of hydrogen-bond acceptors (Lipinski definition) is 3. The van der Waals surface area contributed by atoms with Crippen molar-refractivity contribution in [2.75, 3.05) is 32.8 Å². The molecule has 2 unspecified atom stereocenters. The van der Waals surface area contributed by atoms with Crippen molar-refractivity contribution in [1.29, 1.82) is 0 Å². The van der Waals surface area contributed by atoms with Crippen molar-refractivity contribution in [3.63, 3.8) is 0 Å². The van der Waals surface area contributed by atoms with Crippen molar-refractivity contribution in [3.8, 4) is 0 Å². The molecule has 2 fully saturated rings. The van der Waals surface area contributed by atoms with Crippen molar-refractivity contribution in [2.45, 2.75) is 65.5 Å². The van der Waals surface area contributed by atoms with Crippen LogP contribution in [0.25, 0.3) is 0 Å². The van der Waals surface area contributed by atoms with Gasteiger partial charge >= 0.3 is 0 Å². The Morgan fingerprint density at radius 2 is 1.95 bits per heavy atom. The Hall–Kier alpha value is -0.120. The second-order valence-electron chi connectivity index (χ2n) is 8.04. The third-order valence-electron chi connectivity index (χ3n) is 5.02. The first-order valence-corrected chi connectivity index (χ1v) is 8.43. The molecule has 0 aromatic rings. The highest BCUT2D eigenvalue weighted by Crippen LogP contribution is 2.42. The van der Waals surface area contributed by atoms with Crippen LogP contribution in [0.4, 0.5) is 0 Å². The molecule has 0 radical (unpaired) electrons. The fraction of sp³-hybridized carbons (Fsp3) is 1.00. The molecule has 0 aromatic carbocycles. The molecule has 1 saturated heterocycles. The summed E-state index contributed by atoms with van der Waals surface area (Å²) in [5, 5.41) is 3.86. The number of nitrogens with zero attached hydrogens (tertiary/aromatic N) is 1. The van der Waals surface area contributed by atoms with E-state index in [-0.39, 0.29) is 0 Å². The molecule has 0 aromatic heterocycles. The maximum Gasteiger partial charge on any atom is 0.0593 e. The lowest BCUT2D eigenvalue weighted by Crippen LogP contribution is -2.67. The highest BCUT2D eigenvalue weighted by atomic mass is 16.5. The van der Waals surface area contributed by atoms with Crippen LogP contribution in [0.5, 0.6) is 0 Å². The smallest absolute Gasteiger partial charge is 0.0593 e. The van der Waals surface area contributed by atoms with E-state index in [4.69, 9.17) is 4.74 Å². The van der Waals surface area contributed by atoms with Gasteiger partial charge in [-0.2, -0.15) is 0 Å². The zero-order chi connectivity index (χ0) is 14.8. The highest BCUT2D eigenvalue weighted by molar-refractivity contribution is 5.05. The number of piperazine rings is 1. The van der Waals surface area contributed by atoms with Gasteiger partial charge in [-0.15, -0.1) is 0 Å². The van der Waals surface area contributed by atoms with Crippen molar-refractivity contribution < 1.29 is 4.74 Å². The molecular formula is C17H34N2O. The van der Waals surface area contributed by atoms with Gasteiger partial charge in [0.25, 0.3) is 0 Å². The Morgan fingerprint density at radius 3 is 2.50 bits per heavy atom. The summed E-state index contributed by atoms with van der Waals surface area (Å²) in [5.41, 5.74) is 0.648. The van der Waals surface area contributed by atoms with Gasteiger partial charge in [0.15, 0.2) is 0 Å². The van der Waals surface area contributed by atoms with Gasteiger partial charge in [0.2, 0.25) is 0 Å². The lowest BCUT2D eigenvalue weighted by Gasteiger charge is -2.51. The Bertz CT molecular complexity index is 309. The molecule has 2 rings (SSSR count). The second kappa shape index (κ2) is 6.33. The molecule has 0 bridgehead atoms. The first-order chi connectivity index (χ1) is 9.37. The van der Waals surface area contributed by atoms with Crippen LogP contribution >= 0.6 is 0 Å². The molecule has 3 heteroatoms. The molecule has 1 N–H and O–H groups in total. The summed E-state index contributed by atoms with van der Waals surface area (Å²) < 4.78 is 5.73. The molecule has 118 valence electrons. The van der Waals surface area contributed by atoms with Crippen LogP contribution in [-0.4, -0.2) is 49.3 Å². The van der Waals surface area contributed by atoms with Crippen LogP contribution < -0.4 is 5.32 Å². The fourth-order valence-electron chi connectivity index (χ4n) is 3.56. The monoisotopic (exact) mass is 282 g/mol. The van der Waals surface area contributed by atoms with Crippen LogP contribution in [0.3, 0.4) is 0 Å². The van der Waals surface area contributed by atoms with Crippen LogP contribution in [0.1, 0.15) is 53.9 Å². The second-order valence-corrected chi connectivity index (χ2v) is 8.04. The van der Waals surface area contributed by atoms with Crippen molar-refractivity contribution in [3.05, 3.63) is 0 Å². The summed E-state index contributed by atoms with van der Waals surface area (Å²) >= 11 is 0. The van der Waals surface area contributed by atoms with E-state index in [1.165, 1.54) is 19.4 Å². The average Bonchev–Trinajstić information content (AvgIpc) is 3.17. The van der Waals surface area contributed by atoms with E-state index < -0.39 is 0 Å². The van der Waals surface area contributed by atoms with Crippen LogP contribution in [0, 0.1) is 11.3 Å². The quantitative estimate of drug-likeness (QED) is 0.758. The number of rotatable bonds is 6. The predicted molar refractivity (Wildman–Crippen MR) is 85.1 cm³/mol. The fourth-order valence-corrected chi connectivity index (χ4v) is 3.56. The van der Waals surface area contributed by atoms with Gasteiger partial charge in [-0.05, 0) is 37.5 Å². The van der Waals surface area contributed by atoms with Gasteiger partial charge < -0.3 is 10.1 Å². The molecule has 2 aliphatic rings. The topological polar surface area (TPSA) is 24.5 Å². The molecule has 1 aliphatic carbocycles. The Kier molecular flexibility index (Phi) is 5.14. The van der Waals surface area contributed by atoms with E-state index in [1.807, 2.05) is 0 Å². The number of hydrogen-bond donors (Lipinski definition) is 1. The first kappa shape index (κ1) is 16.3. The van der Waals surface area contributed by atoms with Crippen LogP contribution in [0.2, 0.25) is 0 Å². The van der Waals surface area contributed by atoms with Gasteiger partial charge in [0.1, 0.15) is 0 Å². The van der Waals surface area contributed by atoms with E-state index >= 15 is 0 Å².